The van der Waals surface area contributed by atoms with Gasteiger partial charge in [-0.15, -0.1) is 0 Å². The van der Waals surface area contributed by atoms with E-state index in [4.69, 9.17) is 11.5 Å². The number of allylic oxidation sites excluding steroid dienone is 1. The molecule has 1 aliphatic rings. The third-order valence-electron chi connectivity index (χ3n) is 1.53. The van der Waals surface area contributed by atoms with Crippen LogP contribution in [0.1, 0.15) is 19.3 Å². The van der Waals surface area contributed by atoms with E-state index in [-0.39, 0.29) is 6.04 Å². The van der Waals surface area contributed by atoms with Gasteiger partial charge >= 0.3 is 0 Å². The third kappa shape index (κ3) is 1.01. The van der Waals surface area contributed by atoms with Crippen LogP contribution in [0.3, 0.4) is 0 Å². The van der Waals surface area contributed by atoms with Gasteiger partial charge in [-0.2, -0.15) is 0 Å². The SMILES string of the molecule is NC1=CCCCC1N. The van der Waals surface area contributed by atoms with Gasteiger partial charge in [0.2, 0.25) is 0 Å². The van der Waals surface area contributed by atoms with Crippen molar-refractivity contribution in [2.24, 2.45) is 11.5 Å². The Morgan fingerprint density at radius 3 is 2.75 bits per heavy atom. The summed E-state index contributed by atoms with van der Waals surface area (Å²) >= 11 is 0. The fourth-order valence-electron chi connectivity index (χ4n) is 0.925. The van der Waals surface area contributed by atoms with Crippen LogP contribution in [0.4, 0.5) is 0 Å². The highest BCUT2D eigenvalue weighted by molar-refractivity contribution is 5.07. The van der Waals surface area contributed by atoms with Crippen LogP contribution in [0.5, 0.6) is 0 Å². The van der Waals surface area contributed by atoms with E-state index in [1.165, 1.54) is 6.42 Å². The maximum Gasteiger partial charge on any atom is 0.0439 e. The van der Waals surface area contributed by atoms with E-state index in [1.54, 1.807) is 0 Å². The van der Waals surface area contributed by atoms with Gasteiger partial charge in [-0.05, 0) is 19.3 Å². The van der Waals surface area contributed by atoms with Crippen LogP contribution in [-0.4, -0.2) is 6.04 Å². The Hall–Kier alpha value is -0.500. The second-order valence-electron chi connectivity index (χ2n) is 2.24. The molecule has 0 heterocycles. The van der Waals surface area contributed by atoms with E-state index in [0.29, 0.717) is 0 Å². The summed E-state index contributed by atoms with van der Waals surface area (Å²) in [6.45, 7) is 0. The molecule has 0 saturated heterocycles. The lowest BCUT2D eigenvalue weighted by Crippen LogP contribution is -2.29. The number of hydrogen-bond acceptors (Lipinski definition) is 2. The van der Waals surface area contributed by atoms with Crippen LogP contribution in [0.25, 0.3) is 0 Å². The third-order valence-corrected chi connectivity index (χ3v) is 1.53. The van der Waals surface area contributed by atoms with Gasteiger partial charge in [-0.25, -0.2) is 0 Å². The summed E-state index contributed by atoms with van der Waals surface area (Å²) in [5.41, 5.74) is 12.0. The smallest absolute Gasteiger partial charge is 0.0439 e. The first kappa shape index (κ1) is 5.63. The summed E-state index contributed by atoms with van der Waals surface area (Å²) < 4.78 is 0. The lowest BCUT2D eigenvalue weighted by atomic mass is 10.0. The predicted molar refractivity (Wildman–Crippen MR) is 34.1 cm³/mol. The quantitative estimate of drug-likeness (QED) is 0.474. The summed E-state index contributed by atoms with van der Waals surface area (Å²) in [7, 11) is 0. The molecule has 1 atom stereocenters. The molecular formula is C6H12N2. The van der Waals surface area contributed by atoms with Crippen molar-refractivity contribution in [3.05, 3.63) is 11.8 Å². The van der Waals surface area contributed by atoms with Gasteiger partial charge in [-0.3, -0.25) is 0 Å². The highest BCUT2D eigenvalue weighted by atomic mass is 14.7. The van der Waals surface area contributed by atoms with Crippen LogP contribution in [-0.2, 0) is 0 Å². The Bertz CT molecular complexity index is 107. The number of hydrogen-bond donors (Lipinski definition) is 2. The standard InChI is InChI=1S/C6H12N2/c7-5-3-1-2-4-6(5)8/h3,6H,1-2,4,7-8H2. The zero-order valence-corrected chi connectivity index (χ0v) is 4.93. The van der Waals surface area contributed by atoms with E-state index >= 15 is 0 Å². The largest absolute Gasteiger partial charge is 0.401 e. The van der Waals surface area contributed by atoms with Crippen molar-refractivity contribution in [3.8, 4) is 0 Å². The molecule has 0 amide bonds. The molecule has 0 aromatic carbocycles. The summed E-state index contributed by atoms with van der Waals surface area (Å²) in [5, 5.41) is 0. The summed E-state index contributed by atoms with van der Waals surface area (Å²) in [6.07, 6.45) is 5.39. The average molecular weight is 112 g/mol. The fourth-order valence-corrected chi connectivity index (χ4v) is 0.925. The monoisotopic (exact) mass is 112 g/mol. The fraction of sp³-hybridized carbons (Fsp3) is 0.667. The van der Waals surface area contributed by atoms with Crippen molar-refractivity contribution in [1.29, 1.82) is 0 Å². The van der Waals surface area contributed by atoms with Crippen LogP contribution >= 0.6 is 0 Å². The highest BCUT2D eigenvalue weighted by Gasteiger charge is 2.08. The minimum Gasteiger partial charge on any atom is -0.401 e. The van der Waals surface area contributed by atoms with Crippen molar-refractivity contribution in [3.63, 3.8) is 0 Å². The van der Waals surface area contributed by atoms with Gasteiger partial charge in [0.1, 0.15) is 0 Å². The van der Waals surface area contributed by atoms with Gasteiger partial charge in [-0.1, -0.05) is 6.08 Å². The maximum absolute atomic E-state index is 5.58. The van der Waals surface area contributed by atoms with Crippen LogP contribution in [0, 0.1) is 0 Å². The topological polar surface area (TPSA) is 52.0 Å². The summed E-state index contributed by atoms with van der Waals surface area (Å²) in [5.74, 6) is 0. The first-order chi connectivity index (χ1) is 3.80. The lowest BCUT2D eigenvalue weighted by Gasteiger charge is -2.15. The van der Waals surface area contributed by atoms with Crippen LogP contribution in [0.2, 0.25) is 0 Å². The molecule has 0 fully saturated rings. The molecule has 2 nitrogen and oxygen atoms in total. The van der Waals surface area contributed by atoms with E-state index in [9.17, 15) is 0 Å². The van der Waals surface area contributed by atoms with E-state index in [2.05, 4.69) is 0 Å². The second kappa shape index (κ2) is 2.18. The van der Waals surface area contributed by atoms with Crippen LogP contribution in [0.15, 0.2) is 11.8 Å². The molecule has 4 N–H and O–H groups in total. The van der Waals surface area contributed by atoms with Crippen molar-refractivity contribution in [2.75, 3.05) is 0 Å². The molecule has 0 aromatic heterocycles. The number of rotatable bonds is 0. The van der Waals surface area contributed by atoms with Crippen molar-refractivity contribution < 1.29 is 0 Å². The summed E-state index contributed by atoms with van der Waals surface area (Å²) in [4.78, 5) is 0. The lowest BCUT2D eigenvalue weighted by molar-refractivity contribution is 0.609. The first-order valence-electron chi connectivity index (χ1n) is 3.02. The second-order valence-corrected chi connectivity index (χ2v) is 2.24. The Labute approximate surface area is 49.5 Å². The Kier molecular flexibility index (Phi) is 1.53. The molecular weight excluding hydrogens is 100 g/mol. The number of nitrogens with two attached hydrogens (primary N) is 2. The van der Waals surface area contributed by atoms with Crippen molar-refractivity contribution in [1.82, 2.24) is 0 Å². The molecule has 1 aliphatic carbocycles. The maximum atomic E-state index is 5.58. The minimum atomic E-state index is 0.142. The molecule has 1 rings (SSSR count). The average Bonchev–Trinajstić information content (AvgIpc) is 1.77. The Morgan fingerprint density at radius 2 is 2.38 bits per heavy atom. The molecule has 8 heavy (non-hydrogen) atoms. The van der Waals surface area contributed by atoms with E-state index in [1.807, 2.05) is 6.08 Å². The van der Waals surface area contributed by atoms with Gasteiger partial charge in [0, 0.05) is 11.7 Å². The molecule has 0 aliphatic heterocycles. The zero-order valence-electron chi connectivity index (χ0n) is 4.93. The Balaban J connectivity index is 2.53. The minimum absolute atomic E-state index is 0.142. The van der Waals surface area contributed by atoms with Crippen molar-refractivity contribution in [2.45, 2.75) is 25.3 Å². The molecule has 0 spiro atoms. The highest BCUT2D eigenvalue weighted by Crippen LogP contribution is 2.11. The summed E-state index contributed by atoms with van der Waals surface area (Å²) in [6, 6.07) is 0.142. The molecule has 0 saturated carbocycles. The van der Waals surface area contributed by atoms with Gasteiger partial charge < -0.3 is 11.5 Å². The van der Waals surface area contributed by atoms with Gasteiger partial charge in [0.15, 0.2) is 0 Å². The predicted octanol–water partition coefficient (Wildman–Crippen LogP) is 0.340. The van der Waals surface area contributed by atoms with E-state index in [0.717, 1.165) is 18.5 Å². The molecule has 0 radical (unpaired) electrons. The molecule has 0 aromatic rings. The normalized spacial score (nSPS) is 29.6. The zero-order chi connectivity index (χ0) is 5.98. The van der Waals surface area contributed by atoms with Crippen molar-refractivity contribution >= 4 is 0 Å². The molecule has 46 valence electrons. The molecule has 0 bridgehead atoms. The van der Waals surface area contributed by atoms with E-state index < -0.39 is 0 Å². The Morgan fingerprint density at radius 1 is 1.62 bits per heavy atom. The first-order valence-corrected chi connectivity index (χ1v) is 3.02. The van der Waals surface area contributed by atoms with Crippen LogP contribution < -0.4 is 11.5 Å². The molecule has 1 unspecified atom stereocenters. The molecule has 2 heteroatoms. The van der Waals surface area contributed by atoms with Gasteiger partial charge in [0.25, 0.3) is 0 Å². The van der Waals surface area contributed by atoms with Gasteiger partial charge in [0.05, 0.1) is 0 Å².